The van der Waals surface area contributed by atoms with E-state index in [0.29, 0.717) is 52.2 Å². The van der Waals surface area contributed by atoms with E-state index >= 15 is 4.39 Å². The first-order chi connectivity index (χ1) is 39.5. The third kappa shape index (κ3) is 11.1. The van der Waals surface area contributed by atoms with Gasteiger partial charge < -0.3 is 39.1 Å². The number of piperazine rings is 1. The number of thiazole rings is 1. The zero-order chi connectivity index (χ0) is 57.6. The van der Waals surface area contributed by atoms with Gasteiger partial charge in [-0.25, -0.2) is 9.37 Å². The Balaban J connectivity index is 0.729. The predicted octanol–water partition coefficient (Wildman–Crippen LogP) is 9.93. The minimum atomic E-state index is -0.808. The number of halogens is 2. The summed E-state index contributed by atoms with van der Waals surface area (Å²) in [6, 6.07) is 23.1. The van der Waals surface area contributed by atoms with Crippen LogP contribution in [0, 0.1) is 35.4 Å². The number of fused-ring (bicyclic) bond motifs is 2. The summed E-state index contributed by atoms with van der Waals surface area (Å²) in [6.45, 7) is 16.4. The molecule has 0 saturated carbocycles. The van der Waals surface area contributed by atoms with Crippen molar-refractivity contribution in [2.75, 3.05) is 75.3 Å². The van der Waals surface area contributed by atoms with Crippen LogP contribution in [-0.2, 0) is 14.4 Å². The van der Waals surface area contributed by atoms with Crippen molar-refractivity contribution in [2.24, 2.45) is 11.3 Å². The molecule has 0 radical (unpaired) electrons. The summed E-state index contributed by atoms with van der Waals surface area (Å²) in [5.41, 5.74) is 5.44. The predicted molar refractivity (Wildman–Crippen MR) is 314 cm³/mol. The number of aliphatic hydroxyl groups excluding tert-OH is 1. The van der Waals surface area contributed by atoms with Crippen molar-refractivity contribution in [3.8, 4) is 39.4 Å². The molecule has 4 saturated heterocycles. The highest BCUT2D eigenvalue weighted by Gasteiger charge is 2.47. The van der Waals surface area contributed by atoms with E-state index in [1.165, 1.54) is 12.1 Å². The number of β-amino-alcohol motifs (C(OH)–C–C–N with tert-alkyl or cyclic N) is 1. The van der Waals surface area contributed by atoms with Crippen molar-refractivity contribution >= 4 is 73.8 Å². The topological polar surface area (TPSA) is 206 Å². The average molecular weight is 1150 g/mol. The number of ketones is 1. The van der Waals surface area contributed by atoms with Crippen LogP contribution in [0.3, 0.4) is 0 Å². The molecule has 7 heterocycles. The summed E-state index contributed by atoms with van der Waals surface area (Å²) >= 11 is 8.58. The number of hydrogen-bond donors (Lipinski definition) is 2. The lowest BCUT2D eigenvalue weighted by molar-refractivity contribution is -0.140. The number of carbonyl (C=O) groups excluding carboxylic acids is 3. The molecule has 2 amide bonds. The van der Waals surface area contributed by atoms with E-state index in [9.17, 15) is 29.9 Å². The second kappa shape index (κ2) is 23.4. The maximum atomic E-state index is 17.3. The third-order valence-corrected chi connectivity index (χ3v) is 18.4. The molecule has 20 heteroatoms. The van der Waals surface area contributed by atoms with Crippen LogP contribution < -0.4 is 14.5 Å². The number of likely N-dealkylation sites (tertiary alicyclic amines) is 2. The lowest BCUT2D eigenvalue weighted by atomic mass is 9.72. The third-order valence-electron chi connectivity index (χ3n) is 17.1. The van der Waals surface area contributed by atoms with Gasteiger partial charge in [-0.2, -0.15) is 15.2 Å². The van der Waals surface area contributed by atoms with Crippen LogP contribution in [0.15, 0.2) is 95.5 Å². The van der Waals surface area contributed by atoms with Gasteiger partial charge in [0.25, 0.3) is 0 Å². The molecule has 11 rings (SSSR count). The number of nitrogens with zero attached hydrogens (tertiary/aromatic N) is 10. The SMILES string of the molecule is C=CC(=O)N1CCN(c2nc(OCCN3CCC4(CC3)CN(c3cc([C@H](C(=O)N5C[C@H](O)C[C@H]5C(=O)C[C@@H](C)c5ccc(-c6scnc6C)cc5)C(C)C)on3)C4)nc3c(F)c(-c4cc(O)cc5ccccc45)c(Cl)cc23)C[C@@H]1CC#N. The van der Waals surface area contributed by atoms with Gasteiger partial charge in [-0.15, -0.1) is 11.3 Å². The zero-order valence-electron chi connectivity index (χ0n) is 46.4. The van der Waals surface area contributed by atoms with Gasteiger partial charge in [0.15, 0.2) is 23.2 Å². The molecule has 0 aliphatic carbocycles. The summed E-state index contributed by atoms with van der Waals surface area (Å²) in [4.78, 5) is 65.9. The van der Waals surface area contributed by atoms with E-state index in [2.05, 4.69) is 49.7 Å². The quantitative estimate of drug-likeness (QED) is 0.0814. The van der Waals surface area contributed by atoms with Gasteiger partial charge in [0.2, 0.25) is 11.8 Å². The Hall–Kier alpha value is -7.50. The van der Waals surface area contributed by atoms with Crippen molar-refractivity contribution in [3.63, 3.8) is 0 Å². The molecule has 0 bridgehead atoms. The number of carbonyl (C=O) groups is 3. The van der Waals surface area contributed by atoms with Gasteiger partial charge in [-0.3, -0.25) is 19.3 Å². The molecule has 4 aliphatic heterocycles. The summed E-state index contributed by atoms with van der Waals surface area (Å²) in [5.74, 6) is -0.853. The van der Waals surface area contributed by atoms with Gasteiger partial charge in [0.05, 0.1) is 51.8 Å². The fourth-order valence-electron chi connectivity index (χ4n) is 12.7. The molecule has 82 heavy (non-hydrogen) atoms. The first-order valence-corrected chi connectivity index (χ1v) is 29.3. The number of rotatable bonds is 17. The van der Waals surface area contributed by atoms with Crippen molar-refractivity contribution in [2.45, 2.75) is 89.8 Å². The maximum absolute atomic E-state index is 17.3. The minimum Gasteiger partial charge on any atom is -0.508 e. The molecule has 4 aliphatic rings. The first kappa shape index (κ1) is 56.4. The summed E-state index contributed by atoms with van der Waals surface area (Å²) < 4.78 is 29.6. The number of phenolic OH excluding ortho intramolecular Hbond substituents is 1. The molecule has 426 valence electrons. The normalized spacial score (nSPS) is 19.9. The van der Waals surface area contributed by atoms with Crippen molar-refractivity contribution in [3.05, 3.63) is 119 Å². The summed E-state index contributed by atoms with van der Waals surface area (Å²) in [7, 11) is 0. The molecule has 4 fully saturated rings. The molecular weight excluding hydrogens is 1080 g/mol. The Morgan fingerprint density at radius 2 is 1.76 bits per heavy atom. The Morgan fingerprint density at radius 3 is 2.48 bits per heavy atom. The number of benzene rings is 4. The largest absolute Gasteiger partial charge is 0.508 e. The monoisotopic (exact) mass is 1150 g/mol. The highest BCUT2D eigenvalue weighted by Crippen LogP contribution is 2.45. The molecule has 7 aromatic rings. The number of aryl methyl sites for hydroxylation is 1. The highest BCUT2D eigenvalue weighted by atomic mass is 35.5. The van der Waals surface area contributed by atoms with Crippen LogP contribution in [0.4, 0.5) is 16.0 Å². The van der Waals surface area contributed by atoms with E-state index in [1.807, 2.05) is 80.6 Å². The molecule has 17 nitrogen and oxygen atoms in total. The summed E-state index contributed by atoms with van der Waals surface area (Å²) in [5, 5.41) is 37.6. The Morgan fingerprint density at radius 1 is 0.988 bits per heavy atom. The number of ether oxygens (including phenoxy) is 1. The number of hydrogen-bond acceptors (Lipinski definition) is 16. The van der Waals surface area contributed by atoms with Crippen LogP contribution >= 0.6 is 22.9 Å². The van der Waals surface area contributed by atoms with E-state index in [-0.39, 0.29) is 108 Å². The molecule has 0 unspecified atom stereocenters. The van der Waals surface area contributed by atoms with Crippen molar-refractivity contribution in [1.29, 1.82) is 5.26 Å². The maximum Gasteiger partial charge on any atom is 0.319 e. The average Bonchev–Trinajstić information content (AvgIpc) is 3.15. The fourth-order valence-corrected chi connectivity index (χ4v) is 13.8. The lowest BCUT2D eigenvalue weighted by Gasteiger charge is -2.54. The molecule has 4 aromatic carbocycles. The van der Waals surface area contributed by atoms with Crippen LogP contribution in [0.25, 0.3) is 43.2 Å². The number of anilines is 2. The van der Waals surface area contributed by atoms with Gasteiger partial charge in [-0.1, -0.05) is 92.6 Å². The number of aromatic nitrogens is 4. The number of Topliss-reactive ketones (excluding diaryl/α,β-unsaturated/α-hetero) is 1. The Labute approximate surface area is 484 Å². The number of aliphatic hydroxyl groups is 1. The lowest BCUT2D eigenvalue weighted by Crippen LogP contribution is -2.60. The molecule has 3 aromatic heterocycles. The molecule has 5 atom stereocenters. The number of amides is 2. The second-order valence-corrected chi connectivity index (χ2v) is 24.2. The number of piperidine rings is 1. The molecule has 1 spiro atoms. The fraction of sp³-hybridized carbons (Fsp3) is 0.419. The highest BCUT2D eigenvalue weighted by molar-refractivity contribution is 7.13. The van der Waals surface area contributed by atoms with Gasteiger partial charge in [-0.05, 0) is 96.4 Å². The summed E-state index contributed by atoms with van der Waals surface area (Å²) in [6.07, 6.45) is 2.79. The minimum absolute atomic E-state index is 0.0256. The van der Waals surface area contributed by atoms with Crippen molar-refractivity contribution in [1.82, 2.24) is 34.8 Å². The Kier molecular flexibility index (Phi) is 16.1. The number of nitriles is 1. The van der Waals surface area contributed by atoms with Crippen LogP contribution in [-0.4, -0.2) is 146 Å². The van der Waals surface area contributed by atoms with E-state index in [4.69, 9.17) is 25.8 Å². The van der Waals surface area contributed by atoms with Gasteiger partial charge in [0, 0.05) is 81.1 Å². The van der Waals surface area contributed by atoms with Gasteiger partial charge in [0.1, 0.15) is 29.6 Å². The second-order valence-electron chi connectivity index (χ2n) is 22.9. The number of aromatic hydroxyl groups is 1. The van der Waals surface area contributed by atoms with Crippen LogP contribution in [0.2, 0.25) is 5.02 Å². The van der Waals surface area contributed by atoms with Crippen molar-refractivity contribution < 1.29 is 38.2 Å². The zero-order valence-corrected chi connectivity index (χ0v) is 48.0. The smallest absolute Gasteiger partial charge is 0.319 e. The van der Waals surface area contributed by atoms with Crippen LogP contribution in [0.1, 0.15) is 81.7 Å². The standard InChI is InChI=1S/C62H66ClFN10O7S/c1-6-53(78)73-22-21-71(31-42(73)15-18-65)59-47-29-48(63)55(46-27-43(75)26-41-9-7-8-10-45(41)46)56(64)57(47)67-61(68-59)80-24-23-70-19-16-62(17-20-70)33-72(34-62)52-30-51(81-69-52)54(36(2)3)60(79)74-32-44(76)28-49(74)50(77)25-37(4)39-11-13-40(14-12-39)58-38(5)66-35-82-58/h6-14,26-27,29-30,35-37,42,44,49,54,75-76H,1,15-17,19-25,28,31-34H2,2-5H3/t37-,42+,44-,49+,54-/m1/s1. The van der Waals surface area contributed by atoms with Gasteiger partial charge >= 0.3 is 6.01 Å². The van der Waals surface area contributed by atoms with E-state index < -0.39 is 29.9 Å². The first-order valence-electron chi connectivity index (χ1n) is 28.1. The molecular formula is C62H66ClFN10O7S. The molecule has 2 N–H and O–H groups in total. The van der Waals surface area contributed by atoms with E-state index in [1.54, 1.807) is 33.3 Å². The van der Waals surface area contributed by atoms with E-state index in [0.717, 1.165) is 60.7 Å². The van der Waals surface area contributed by atoms with Crippen LogP contribution in [0.5, 0.6) is 11.8 Å². The number of phenols is 1. The Bertz CT molecular complexity index is 3610.